The Hall–Kier alpha value is -2.09. The van der Waals surface area contributed by atoms with Crippen molar-refractivity contribution in [3.8, 4) is 0 Å². The number of carbonyl (C=O) groups excluding carboxylic acids is 2. The number of ether oxygens (including phenoxy) is 1. The summed E-state index contributed by atoms with van der Waals surface area (Å²) in [6.45, 7) is 3.11. The Kier molecular flexibility index (Phi) is 8.75. The number of carbonyl (C=O) groups is 2. The van der Waals surface area contributed by atoms with Crippen LogP contribution >= 0.6 is 11.8 Å². The summed E-state index contributed by atoms with van der Waals surface area (Å²) in [6, 6.07) is 7.23. The highest BCUT2D eigenvalue weighted by molar-refractivity contribution is 7.98. The van der Waals surface area contributed by atoms with Gasteiger partial charge in [0.05, 0.1) is 17.7 Å². The Morgan fingerprint density at radius 2 is 1.90 bits per heavy atom. The Morgan fingerprint density at radius 3 is 2.48 bits per heavy atom. The van der Waals surface area contributed by atoms with E-state index in [1.807, 2.05) is 24.6 Å². The fourth-order valence-corrected chi connectivity index (χ4v) is 4.17. The van der Waals surface area contributed by atoms with Gasteiger partial charge in [0.15, 0.2) is 5.78 Å². The van der Waals surface area contributed by atoms with Crippen LogP contribution in [0.4, 0.5) is 0 Å². The number of rotatable bonds is 10. The number of aliphatic hydroxyl groups excluding tert-OH is 1. The number of thioether (sulfide) groups is 1. The van der Waals surface area contributed by atoms with E-state index in [2.05, 4.69) is 9.97 Å². The fourth-order valence-electron chi connectivity index (χ4n) is 3.81. The SMILES string of the molecule is CSc1ccc(C(CC2CCOCC2)C(=O)CCC(=O)c2ccc(C(C)O)cn2)nc1. The summed E-state index contributed by atoms with van der Waals surface area (Å²) >= 11 is 1.62. The van der Waals surface area contributed by atoms with Crippen molar-refractivity contribution >= 4 is 23.3 Å². The molecule has 1 N–H and O–H groups in total. The van der Waals surface area contributed by atoms with Crippen LogP contribution in [0.5, 0.6) is 0 Å². The van der Waals surface area contributed by atoms with Gasteiger partial charge in [-0.1, -0.05) is 6.07 Å². The number of ketones is 2. The predicted molar refractivity (Wildman–Crippen MR) is 120 cm³/mol. The van der Waals surface area contributed by atoms with Gasteiger partial charge in [0.25, 0.3) is 0 Å². The molecule has 2 aromatic heterocycles. The van der Waals surface area contributed by atoms with Crippen LogP contribution in [0.2, 0.25) is 0 Å². The molecule has 0 spiro atoms. The average molecular weight is 443 g/mol. The van der Waals surface area contributed by atoms with Crippen LogP contribution in [0.25, 0.3) is 0 Å². The summed E-state index contributed by atoms with van der Waals surface area (Å²) in [6.07, 6.45) is 7.60. The van der Waals surface area contributed by atoms with Crippen LogP contribution in [0.3, 0.4) is 0 Å². The monoisotopic (exact) mass is 442 g/mol. The number of hydrogen-bond acceptors (Lipinski definition) is 7. The van der Waals surface area contributed by atoms with Gasteiger partial charge in [0, 0.05) is 43.3 Å². The van der Waals surface area contributed by atoms with Crippen molar-refractivity contribution in [2.75, 3.05) is 19.5 Å². The zero-order valence-corrected chi connectivity index (χ0v) is 18.9. The van der Waals surface area contributed by atoms with Gasteiger partial charge in [-0.25, -0.2) is 0 Å². The minimum Gasteiger partial charge on any atom is -0.389 e. The molecule has 0 amide bonds. The molecule has 3 rings (SSSR count). The third-order valence-corrected chi connectivity index (χ3v) is 6.52. The maximum absolute atomic E-state index is 13.2. The molecule has 2 aromatic rings. The molecule has 3 heterocycles. The quantitative estimate of drug-likeness (QED) is 0.431. The Bertz CT molecular complexity index is 862. The molecule has 1 saturated heterocycles. The molecule has 2 unspecified atom stereocenters. The number of aliphatic hydroxyl groups is 1. The topological polar surface area (TPSA) is 89.4 Å². The molecular weight excluding hydrogens is 412 g/mol. The molecule has 1 fully saturated rings. The van der Waals surface area contributed by atoms with Crippen molar-refractivity contribution < 1.29 is 19.4 Å². The summed E-state index contributed by atoms with van der Waals surface area (Å²) in [5.41, 5.74) is 1.76. The van der Waals surface area contributed by atoms with Crippen LogP contribution in [0, 0.1) is 5.92 Å². The van der Waals surface area contributed by atoms with Gasteiger partial charge in [-0.2, -0.15) is 0 Å². The molecule has 7 heteroatoms. The van der Waals surface area contributed by atoms with Crippen molar-refractivity contribution in [2.24, 2.45) is 5.92 Å². The van der Waals surface area contributed by atoms with Crippen LogP contribution in [0.1, 0.15) is 72.8 Å². The van der Waals surface area contributed by atoms with E-state index in [4.69, 9.17) is 4.74 Å². The first kappa shape index (κ1) is 23.6. The van der Waals surface area contributed by atoms with E-state index in [-0.39, 0.29) is 30.3 Å². The lowest BCUT2D eigenvalue weighted by atomic mass is 9.83. The normalized spacial score (nSPS) is 16.6. The Morgan fingerprint density at radius 1 is 1.13 bits per heavy atom. The number of nitrogens with zero attached hydrogens (tertiary/aromatic N) is 2. The number of pyridine rings is 2. The van der Waals surface area contributed by atoms with Crippen molar-refractivity contribution in [2.45, 2.75) is 55.9 Å². The highest BCUT2D eigenvalue weighted by atomic mass is 32.2. The molecule has 31 heavy (non-hydrogen) atoms. The lowest BCUT2D eigenvalue weighted by Crippen LogP contribution is -2.23. The second-order valence-corrected chi connectivity index (χ2v) is 8.89. The number of hydrogen-bond donors (Lipinski definition) is 1. The van der Waals surface area contributed by atoms with E-state index in [0.29, 0.717) is 17.2 Å². The second kappa shape index (κ2) is 11.5. The summed E-state index contributed by atoms with van der Waals surface area (Å²) in [4.78, 5) is 35.5. The van der Waals surface area contributed by atoms with Gasteiger partial charge in [0.1, 0.15) is 11.5 Å². The lowest BCUT2D eigenvalue weighted by Gasteiger charge is -2.26. The van der Waals surface area contributed by atoms with E-state index in [1.54, 1.807) is 30.8 Å². The fraction of sp³-hybridized carbons (Fsp3) is 0.500. The third kappa shape index (κ3) is 6.69. The van der Waals surface area contributed by atoms with Crippen molar-refractivity contribution in [3.05, 3.63) is 53.6 Å². The van der Waals surface area contributed by atoms with Gasteiger partial charge < -0.3 is 9.84 Å². The molecule has 6 nitrogen and oxygen atoms in total. The van der Waals surface area contributed by atoms with Crippen molar-refractivity contribution in [1.82, 2.24) is 9.97 Å². The first-order valence-electron chi connectivity index (χ1n) is 10.8. The molecular formula is C24H30N2O4S. The van der Waals surface area contributed by atoms with E-state index in [1.165, 1.54) is 6.20 Å². The minimum atomic E-state index is -0.630. The van der Waals surface area contributed by atoms with E-state index >= 15 is 0 Å². The van der Waals surface area contributed by atoms with Gasteiger partial charge in [-0.15, -0.1) is 11.8 Å². The average Bonchev–Trinajstić information content (AvgIpc) is 2.81. The lowest BCUT2D eigenvalue weighted by molar-refractivity contribution is -0.121. The second-order valence-electron chi connectivity index (χ2n) is 8.01. The first-order chi connectivity index (χ1) is 15.0. The summed E-state index contributed by atoms with van der Waals surface area (Å²) in [7, 11) is 0. The maximum Gasteiger partial charge on any atom is 0.181 e. The number of Topliss-reactive ketones (excluding diaryl/α,β-unsaturated/α-hetero) is 2. The van der Waals surface area contributed by atoms with Crippen LogP contribution in [-0.2, 0) is 9.53 Å². The van der Waals surface area contributed by atoms with Gasteiger partial charge in [-0.3, -0.25) is 19.6 Å². The molecule has 0 aromatic carbocycles. The zero-order valence-electron chi connectivity index (χ0n) is 18.1. The van der Waals surface area contributed by atoms with Gasteiger partial charge in [-0.05, 0) is 62.1 Å². The zero-order chi connectivity index (χ0) is 22.2. The van der Waals surface area contributed by atoms with Crippen LogP contribution < -0.4 is 0 Å². The molecule has 0 saturated carbocycles. The van der Waals surface area contributed by atoms with Crippen LogP contribution in [0.15, 0.2) is 41.6 Å². The van der Waals surface area contributed by atoms with Crippen LogP contribution in [-0.4, -0.2) is 46.1 Å². The predicted octanol–water partition coefficient (Wildman–Crippen LogP) is 4.38. The summed E-state index contributed by atoms with van der Waals surface area (Å²) < 4.78 is 5.46. The largest absolute Gasteiger partial charge is 0.389 e. The third-order valence-electron chi connectivity index (χ3n) is 5.80. The standard InChI is InChI=1S/C24H30N2O4S/c1-16(27)18-3-5-22(25-14-18)24(29)8-7-23(28)20(13-17-9-11-30-12-10-17)21-6-4-19(31-2)15-26-21/h3-6,14-17,20,27H,7-13H2,1-2H3. The smallest absolute Gasteiger partial charge is 0.181 e. The van der Waals surface area contributed by atoms with E-state index < -0.39 is 6.10 Å². The molecule has 0 aliphatic carbocycles. The van der Waals surface area contributed by atoms with Gasteiger partial charge in [0.2, 0.25) is 0 Å². The maximum atomic E-state index is 13.2. The molecule has 166 valence electrons. The molecule has 0 radical (unpaired) electrons. The van der Waals surface area contributed by atoms with Gasteiger partial charge >= 0.3 is 0 Å². The Balaban J connectivity index is 1.67. The van der Waals surface area contributed by atoms with E-state index in [9.17, 15) is 14.7 Å². The molecule has 0 bridgehead atoms. The highest BCUT2D eigenvalue weighted by Gasteiger charge is 2.27. The number of aromatic nitrogens is 2. The molecule has 1 aliphatic rings. The van der Waals surface area contributed by atoms with Crippen molar-refractivity contribution in [3.63, 3.8) is 0 Å². The summed E-state index contributed by atoms with van der Waals surface area (Å²) in [5.74, 6) is -0.00154. The highest BCUT2D eigenvalue weighted by Crippen LogP contribution is 2.31. The Labute approximate surface area is 187 Å². The first-order valence-corrected chi connectivity index (χ1v) is 12.0. The molecule has 2 atom stereocenters. The molecule has 1 aliphatic heterocycles. The van der Waals surface area contributed by atoms with E-state index in [0.717, 1.165) is 43.1 Å². The van der Waals surface area contributed by atoms with Crippen molar-refractivity contribution in [1.29, 1.82) is 0 Å². The minimum absolute atomic E-state index is 0.0462. The summed E-state index contributed by atoms with van der Waals surface area (Å²) in [5, 5.41) is 9.58.